The van der Waals surface area contributed by atoms with Gasteiger partial charge >= 0.3 is 0 Å². The molecule has 15 heavy (non-hydrogen) atoms. The highest BCUT2D eigenvalue weighted by atomic mass is 15.1. The lowest BCUT2D eigenvalue weighted by Gasteiger charge is -2.14. The number of hydrogen-bond donors (Lipinski definition) is 2. The fourth-order valence-corrected chi connectivity index (χ4v) is 1.75. The SMILES string of the molecule is CN(C)c1ccc(NC2CCNC2)cn1. The van der Waals surface area contributed by atoms with Crippen LogP contribution >= 0.6 is 0 Å². The van der Waals surface area contributed by atoms with E-state index in [1.165, 1.54) is 6.42 Å². The van der Waals surface area contributed by atoms with Crippen LogP contribution in [0.25, 0.3) is 0 Å². The summed E-state index contributed by atoms with van der Waals surface area (Å²) < 4.78 is 0. The van der Waals surface area contributed by atoms with E-state index in [1.54, 1.807) is 0 Å². The number of hydrogen-bond acceptors (Lipinski definition) is 4. The molecule has 2 N–H and O–H groups in total. The van der Waals surface area contributed by atoms with Crippen molar-refractivity contribution in [1.82, 2.24) is 10.3 Å². The Hall–Kier alpha value is -1.29. The van der Waals surface area contributed by atoms with Crippen molar-refractivity contribution in [1.29, 1.82) is 0 Å². The Bertz CT molecular complexity index is 301. The normalized spacial score (nSPS) is 20.3. The second-order valence-electron chi connectivity index (χ2n) is 4.13. The van der Waals surface area contributed by atoms with E-state index in [-0.39, 0.29) is 0 Å². The van der Waals surface area contributed by atoms with E-state index in [4.69, 9.17) is 0 Å². The minimum Gasteiger partial charge on any atom is -0.380 e. The zero-order chi connectivity index (χ0) is 10.7. The van der Waals surface area contributed by atoms with Crippen LogP contribution in [-0.2, 0) is 0 Å². The van der Waals surface area contributed by atoms with E-state index in [0.717, 1.165) is 24.6 Å². The highest BCUT2D eigenvalue weighted by Gasteiger charge is 2.13. The largest absolute Gasteiger partial charge is 0.380 e. The van der Waals surface area contributed by atoms with Crippen LogP contribution in [0, 0.1) is 0 Å². The maximum Gasteiger partial charge on any atom is 0.128 e. The average molecular weight is 206 g/mol. The molecule has 1 aliphatic rings. The summed E-state index contributed by atoms with van der Waals surface area (Å²) in [6.45, 7) is 2.16. The Morgan fingerprint density at radius 2 is 2.33 bits per heavy atom. The molecular weight excluding hydrogens is 188 g/mol. The quantitative estimate of drug-likeness (QED) is 0.771. The summed E-state index contributed by atoms with van der Waals surface area (Å²) in [5.74, 6) is 0.991. The summed E-state index contributed by atoms with van der Waals surface area (Å²) >= 11 is 0. The van der Waals surface area contributed by atoms with E-state index < -0.39 is 0 Å². The first-order valence-corrected chi connectivity index (χ1v) is 5.36. The van der Waals surface area contributed by atoms with E-state index in [9.17, 15) is 0 Å². The molecule has 1 saturated heterocycles. The Labute approximate surface area is 90.7 Å². The molecule has 4 nitrogen and oxygen atoms in total. The first kappa shape index (κ1) is 10.2. The molecular formula is C11H18N4. The van der Waals surface area contributed by atoms with Crippen molar-refractivity contribution >= 4 is 11.5 Å². The fraction of sp³-hybridized carbons (Fsp3) is 0.545. The fourth-order valence-electron chi connectivity index (χ4n) is 1.75. The van der Waals surface area contributed by atoms with Crippen molar-refractivity contribution in [3.05, 3.63) is 18.3 Å². The summed E-state index contributed by atoms with van der Waals surface area (Å²) in [5, 5.41) is 6.79. The number of nitrogens with one attached hydrogen (secondary N) is 2. The van der Waals surface area contributed by atoms with Gasteiger partial charge in [-0.1, -0.05) is 0 Å². The van der Waals surface area contributed by atoms with Gasteiger partial charge in [0.25, 0.3) is 0 Å². The van der Waals surface area contributed by atoms with Crippen LogP contribution in [0.3, 0.4) is 0 Å². The molecule has 1 aromatic rings. The Morgan fingerprint density at radius 3 is 2.87 bits per heavy atom. The lowest BCUT2D eigenvalue weighted by molar-refractivity contribution is 0.792. The lowest BCUT2D eigenvalue weighted by atomic mass is 10.2. The molecule has 1 unspecified atom stereocenters. The number of aromatic nitrogens is 1. The van der Waals surface area contributed by atoms with Crippen LogP contribution in [0.4, 0.5) is 11.5 Å². The number of pyridine rings is 1. The Balaban J connectivity index is 1.97. The van der Waals surface area contributed by atoms with Crippen LogP contribution in [-0.4, -0.2) is 38.2 Å². The first-order valence-electron chi connectivity index (χ1n) is 5.36. The van der Waals surface area contributed by atoms with Gasteiger partial charge in [-0.15, -0.1) is 0 Å². The minimum atomic E-state index is 0.553. The summed E-state index contributed by atoms with van der Waals surface area (Å²) in [7, 11) is 3.99. The predicted molar refractivity (Wildman–Crippen MR) is 63.5 cm³/mol. The van der Waals surface area contributed by atoms with Gasteiger partial charge in [-0.3, -0.25) is 0 Å². The van der Waals surface area contributed by atoms with Crippen LogP contribution in [0.15, 0.2) is 18.3 Å². The molecule has 0 radical (unpaired) electrons. The van der Waals surface area contributed by atoms with Gasteiger partial charge in [0.2, 0.25) is 0 Å². The third-order valence-electron chi connectivity index (χ3n) is 2.64. The van der Waals surface area contributed by atoms with Crippen LogP contribution in [0.2, 0.25) is 0 Å². The summed E-state index contributed by atoms with van der Waals surface area (Å²) in [6.07, 6.45) is 3.09. The van der Waals surface area contributed by atoms with E-state index in [2.05, 4.69) is 21.7 Å². The Morgan fingerprint density at radius 1 is 1.47 bits per heavy atom. The molecule has 0 bridgehead atoms. The highest BCUT2D eigenvalue weighted by molar-refractivity contribution is 5.48. The topological polar surface area (TPSA) is 40.2 Å². The number of nitrogens with zero attached hydrogens (tertiary/aromatic N) is 2. The van der Waals surface area contributed by atoms with Gasteiger partial charge in [-0.25, -0.2) is 4.98 Å². The molecule has 1 fully saturated rings. The summed E-state index contributed by atoms with van der Waals surface area (Å²) in [6, 6.07) is 4.67. The first-order chi connectivity index (χ1) is 7.25. The maximum absolute atomic E-state index is 4.36. The third kappa shape index (κ3) is 2.59. The smallest absolute Gasteiger partial charge is 0.128 e. The molecule has 4 heteroatoms. The van der Waals surface area contributed by atoms with Crippen molar-refractivity contribution < 1.29 is 0 Å². The molecule has 2 rings (SSSR count). The zero-order valence-electron chi connectivity index (χ0n) is 9.33. The van der Waals surface area contributed by atoms with Gasteiger partial charge < -0.3 is 15.5 Å². The molecule has 0 amide bonds. The maximum atomic E-state index is 4.36. The molecule has 1 aliphatic heterocycles. The van der Waals surface area contributed by atoms with Crippen LogP contribution in [0.5, 0.6) is 0 Å². The average Bonchev–Trinajstić information content (AvgIpc) is 2.71. The van der Waals surface area contributed by atoms with Gasteiger partial charge in [0, 0.05) is 26.7 Å². The van der Waals surface area contributed by atoms with E-state index in [0.29, 0.717) is 6.04 Å². The molecule has 1 aromatic heterocycles. The van der Waals surface area contributed by atoms with Gasteiger partial charge in [-0.05, 0) is 25.1 Å². The van der Waals surface area contributed by atoms with Gasteiger partial charge in [0.05, 0.1) is 11.9 Å². The monoisotopic (exact) mass is 206 g/mol. The van der Waals surface area contributed by atoms with E-state index in [1.807, 2.05) is 31.3 Å². The van der Waals surface area contributed by atoms with Crippen molar-refractivity contribution in [3.8, 4) is 0 Å². The van der Waals surface area contributed by atoms with Gasteiger partial charge in [0.1, 0.15) is 5.82 Å². The predicted octanol–water partition coefficient (Wildman–Crippen LogP) is 0.921. The molecule has 82 valence electrons. The summed E-state index contributed by atoms with van der Waals surface area (Å²) in [5.41, 5.74) is 1.11. The molecule has 0 saturated carbocycles. The van der Waals surface area contributed by atoms with E-state index >= 15 is 0 Å². The van der Waals surface area contributed by atoms with Gasteiger partial charge in [0.15, 0.2) is 0 Å². The molecule has 2 heterocycles. The molecule has 0 aromatic carbocycles. The third-order valence-corrected chi connectivity index (χ3v) is 2.64. The van der Waals surface area contributed by atoms with Crippen molar-refractivity contribution in [3.63, 3.8) is 0 Å². The number of rotatable bonds is 3. The second kappa shape index (κ2) is 4.49. The van der Waals surface area contributed by atoms with Gasteiger partial charge in [-0.2, -0.15) is 0 Å². The van der Waals surface area contributed by atoms with Crippen molar-refractivity contribution in [2.45, 2.75) is 12.5 Å². The van der Waals surface area contributed by atoms with Crippen molar-refractivity contribution in [2.75, 3.05) is 37.4 Å². The molecule has 0 spiro atoms. The summed E-state index contributed by atoms with van der Waals surface area (Å²) in [4.78, 5) is 6.36. The second-order valence-corrected chi connectivity index (χ2v) is 4.13. The minimum absolute atomic E-state index is 0.553. The zero-order valence-corrected chi connectivity index (χ0v) is 9.33. The highest BCUT2D eigenvalue weighted by Crippen LogP contribution is 2.14. The Kier molecular flexibility index (Phi) is 3.06. The van der Waals surface area contributed by atoms with Crippen LogP contribution in [0.1, 0.15) is 6.42 Å². The standard InChI is InChI=1S/C11H18N4/c1-15(2)11-4-3-9(8-13-11)14-10-5-6-12-7-10/h3-4,8,10,12,14H,5-7H2,1-2H3. The number of anilines is 2. The molecule has 0 aliphatic carbocycles. The van der Waals surface area contributed by atoms with Crippen LogP contribution < -0.4 is 15.5 Å². The molecule has 1 atom stereocenters. The lowest BCUT2D eigenvalue weighted by Crippen LogP contribution is -2.22. The van der Waals surface area contributed by atoms with Crippen molar-refractivity contribution in [2.24, 2.45) is 0 Å².